The molecule has 0 bridgehead atoms. The molecule has 0 saturated carbocycles. The maximum Gasteiger partial charge on any atom is 0.240 e. The second-order valence-electron chi connectivity index (χ2n) is 5.01. The number of carbonyl (C=O) groups is 1. The van der Waals surface area contributed by atoms with Crippen molar-refractivity contribution >= 4 is 15.9 Å². The van der Waals surface area contributed by atoms with E-state index in [1.54, 1.807) is 4.90 Å². The van der Waals surface area contributed by atoms with Gasteiger partial charge in [-0.05, 0) is 12.3 Å². The summed E-state index contributed by atoms with van der Waals surface area (Å²) >= 11 is 0. The van der Waals surface area contributed by atoms with Crippen molar-refractivity contribution in [3.05, 3.63) is 0 Å². The molecule has 0 radical (unpaired) electrons. The van der Waals surface area contributed by atoms with Gasteiger partial charge in [0.1, 0.15) is 6.04 Å². The first kappa shape index (κ1) is 15.4. The molecule has 1 atom stereocenters. The molecule has 1 rings (SSSR count). The van der Waals surface area contributed by atoms with Crippen LogP contribution >= 0.6 is 0 Å². The molecule has 1 saturated heterocycles. The van der Waals surface area contributed by atoms with E-state index in [1.807, 2.05) is 13.8 Å². The van der Waals surface area contributed by atoms with Crippen molar-refractivity contribution in [2.24, 2.45) is 5.92 Å². The Kier molecular flexibility index (Phi) is 5.55. The van der Waals surface area contributed by atoms with Crippen LogP contribution in [0.15, 0.2) is 0 Å². The van der Waals surface area contributed by atoms with Crippen molar-refractivity contribution in [2.75, 3.05) is 32.6 Å². The molecule has 1 aliphatic rings. The Morgan fingerprint density at radius 2 is 1.89 bits per heavy atom. The summed E-state index contributed by atoms with van der Waals surface area (Å²) in [6, 6.07) is -0.668. The molecule has 0 aromatic heterocycles. The normalized spacial score (nSPS) is 19.0. The molecule has 18 heavy (non-hydrogen) atoms. The Morgan fingerprint density at radius 1 is 1.33 bits per heavy atom. The fraction of sp³-hybridized carbons (Fsp3) is 0.909. The van der Waals surface area contributed by atoms with Crippen molar-refractivity contribution in [1.82, 2.24) is 9.62 Å². The lowest BCUT2D eigenvalue weighted by Crippen LogP contribution is -2.51. The van der Waals surface area contributed by atoms with E-state index in [9.17, 15) is 13.2 Å². The van der Waals surface area contributed by atoms with Crippen LogP contribution in [-0.2, 0) is 19.6 Å². The van der Waals surface area contributed by atoms with E-state index in [2.05, 4.69) is 4.72 Å². The Balaban J connectivity index is 2.71. The van der Waals surface area contributed by atoms with E-state index in [1.165, 1.54) is 0 Å². The monoisotopic (exact) mass is 278 g/mol. The topological polar surface area (TPSA) is 75.7 Å². The van der Waals surface area contributed by atoms with Gasteiger partial charge in [0.05, 0.1) is 19.5 Å². The zero-order valence-corrected chi connectivity index (χ0v) is 12.0. The molecule has 0 aromatic rings. The van der Waals surface area contributed by atoms with Crippen molar-refractivity contribution in [1.29, 1.82) is 0 Å². The predicted octanol–water partition coefficient (Wildman–Crippen LogP) is -0.191. The molecule has 1 amide bonds. The minimum Gasteiger partial charge on any atom is -0.378 e. The number of morpholine rings is 1. The van der Waals surface area contributed by atoms with Crippen molar-refractivity contribution < 1.29 is 17.9 Å². The first-order valence-corrected chi connectivity index (χ1v) is 8.02. The Hall–Kier alpha value is -0.660. The van der Waals surface area contributed by atoms with E-state index in [-0.39, 0.29) is 11.8 Å². The Bertz CT molecular complexity index is 375. The van der Waals surface area contributed by atoms with E-state index >= 15 is 0 Å². The molecular formula is C11H22N2O4S. The number of nitrogens with one attached hydrogen (secondary N) is 1. The summed E-state index contributed by atoms with van der Waals surface area (Å²) < 4.78 is 30.2. The maximum atomic E-state index is 12.3. The molecule has 6 nitrogen and oxygen atoms in total. The SMILES string of the molecule is CC(C)C[C@H](NS(C)(=O)=O)C(=O)N1CCOCC1. The average Bonchev–Trinajstić information content (AvgIpc) is 2.26. The second kappa shape index (κ2) is 6.49. The highest BCUT2D eigenvalue weighted by Gasteiger charge is 2.28. The van der Waals surface area contributed by atoms with Crippen LogP contribution < -0.4 is 4.72 Å². The zero-order valence-electron chi connectivity index (χ0n) is 11.2. The Morgan fingerprint density at radius 3 is 2.33 bits per heavy atom. The van der Waals surface area contributed by atoms with Crippen molar-refractivity contribution in [3.63, 3.8) is 0 Å². The highest BCUT2D eigenvalue weighted by Crippen LogP contribution is 2.10. The predicted molar refractivity (Wildman–Crippen MR) is 68.6 cm³/mol. The maximum absolute atomic E-state index is 12.3. The van der Waals surface area contributed by atoms with Crippen LogP contribution in [-0.4, -0.2) is 57.8 Å². The first-order valence-electron chi connectivity index (χ1n) is 6.13. The van der Waals surface area contributed by atoms with Gasteiger partial charge in [-0.15, -0.1) is 0 Å². The van der Waals surface area contributed by atoms with Crippen molar-refractivity contribution in [2.45, 2.75) is 26.3 Å². The third-order valence-electron chi connectivity index (χ3n) is 2.68. The van der Waals surface area contributed by atoms with Gasteiger partial charge in [0, 0.05) is 13.1 Å². The fourth-order valence-corrected chi connectivity index (χ4v) is 2.65. The number of hydrogen-bond donors (Lipinski definition) is 1. The highest BCUT2D eigenvalue weighted by molar-refractivity contribution is 7.88. The number of carbonyl (C=O) groups excluding carboxylic acids is 1. The number of ether oxygens (including phenoxy) is 1. The summed E-state index contributed by atoms with van der Waals surface area (Å²) in [4.78, 5) is 13.9. The van der Waals surface area contributed by atoms with Crippen LogP contribution in [0.4, 0.5) is 0 Å². The van der Waals surface area contributed by atoms with Crippen LogP contribution in [0.2, 0.25) is 0 Å². The molecule has 106 valence electrons. The zero-order chi connectivity index (χ0) is 13.8. The van der Waals surface area contributed by atoms with Gasteiger partial charge in [-0.25, -0.2) is 13.1 Å². The summed E-state index contributed by atoms with van der Waals surface area (Å²) in [5.74, 6) is 0.0895. The van der Waals surface area contributed by atoms with Crippen LogP contribution in [0.5, 0.6) is 0 Å². The van der Waals surface area contributed by atoms with Gasteiger partial charge >= 0.3 is 0 Å². The molecule has 1 fully saturated rings. The van der Waals surface area contributed by atoms with E-state index in [0.29, 0.717) is 32.7 Å². The molecule has 7 heteroatoms. The summed E-state index contributed by atoms with van der Waals surface area (Å²) in [5.41, 5.74) is 0. The van der Waals surface area contributed by atoms with E-state index in [4.69, 9.17) is 4.74 Å². The Labute approximate surface area is 109 Å². The molecular weight excluding hydrogens is 256 g/mol. The molecule has 0 aliphatic carbocycles. The van der Waals surface area contributed by atoms with Crippen molar-refractivity contribution in [3.8, 4) is 0 Å². The number of rotatable bonds is 5. The second-order valence-corrected chi connectivity index (χ2v) is 6.79. The molecule has 1 heterocycles. The average molecular weight is 278 g/mol. The summed E-state index contributed by atoms with van der Waals surface area (Å²) in [6.45, 7) is 6.00. The van der Waals surface area contributed by atoms with E-state index in [0.717, 1.165) is 6.26 Å². The molecule has 0 aromatic carbocycles. The van der Waals surface area contributed by atoms with Gasteiger partial charge in [0.25, 0.3) is 0 Å². The van der Waals surface area contributed by atoms with Gasteiger partial charge in [-0.2, -0.15) is 0 Å². The van der Waals surface area contributed by atoms with Crippen LogP contribution in [0, 0.1) is 5.92 Å². The van der Waals surface area contributed by atoms with Crippen LogP contribution in [0.3, 0.4) is 0 Å². The van der Waals surface area contributed by atoms with Gasteiger partial charge in [0.15, 0.2) is 0 Å². The third kappa shape index (κ3) is 5.32. The van der Waals surface area contributed by atoms with Gasteiger partial charge in [0.2, 0.25) is 15.9 Å². The molecule has 1 aliphatic heterocycles. The smallest absolute Gasteiger partial charge is 0.240 e. The van der Waals surface area contributed by atoms with Crippen LogP contribution in [0.1, 0.15) is 20.3 Å². The number of sulfonamides is 1. The first-order chi connectivity index (χ1) is 8.29. The number of hydrogen-bond acceptors (Lipinski definition) is 4. The summed E-state index contributed by atoms with van der Waals surface area (Å²) in [5, 5.41) is 0. The largest absolute Gasteiger partial charge is 0.378 e. The minimum atomic E-state index is -3.38. The lowest BCUT2D eigenvalue weighted by molar-refractivity contribution is -0.137. The molecule has 0 spiro atoms. The van der Waals surface area contributed by atoms with E-state index < -0.39 is 16.1 Å². The molecule has 1 N–H and O–H groups in total. The lowest BCUT2D eigenvalue weighted by Gasteiger charge is -2.31. The van der Waals surface area contributed by atoms with Gasteiger partial charge in [-0.1, -0.05) is 13.8 Å². The number of amides is 1. The highest BCUT2D eigenvalue weighted by atomic mass is 32.2. The van der Waals surface area contributed by atoms with Crippen LogP contribution in [0.25, 0.3) is 0 Å². The summed E-state index contributed by atoms with van der Waals surface area (Å²) in [7, 11) is -3.38. The molecule has 0 unspecified atom stereocenters. The lowest BCUT2D eigenvalue weighted by atomic mass is 10.0. The quantitative estimate of drug-likeness (QED) is 0.756. The van der Waals surface area contributed by atoms with Gasteiger partial charge in [-0.3, -0.25) is 4.79 Å². The summed E-state index contributed by atoms with van der Waals surface area (Å²) in [6.07, 6.45) is 1.58. The minimum absolute atomic E-state index is 0.155. The third-order valence-corrected chi connectivity index (χ3v) is 3.40. The standard InChI is InChI=1S/C11H22N2O4S/c1-9(2)8-10(12-18(3,15)16)11(14)13-4-6-17-7-5-13/h9-10,12H,4-8H2,1-3H3/t10-/m0/s1. The van der Waals surface area contributed by atoms with Gasteiger partial charge < -0.3 is 9.64 Å². The fourth-order valence-electron chi connectivity index (χ4n) is 1.93. The number of nitrogens with zero attached hydrogens (tertiary/aromatic N) is 1.